The van der Waals surface area contributed by atoms with Gasteiger partial charge in [0, 0.05) is 53.3 Å². The van der Waals surface area contributed by atoms with Crippen molar-refractivity contribution in [1.82, 2.24) is 0 Å². The summed E-state index contributed by atoms with van der Waals surface area (Å²) in [6.07, 6.45) is 0. The van der Waals surface area contributed by atoms with Gasteiger partial charge < -0.3 is 9.32 Å². The molecular weight excluding hydrogens is 687 g/mol. The summed E-state index contributed by atoms with van der Waals surface area (Å²) in [4.78, 5) is 2.44. The second-order valence-corrected chi connectivity index (χ2v) is 15.1. The number of hydrogen-bond donors (Lipinski definition) is 0. The molecule has 55 heavy (non-hydrogen) atoms. The van der Waals surface area contributed by atoms with E-state index in [1.807, 2.05) is 17.4 Å². The van der Waals surface area contributed by atoms with Crippen LogP contribution in [0.2, 0.25) is 0 Å². The maximum Gasteiger partial charge on any atom is 0.143 e. The van der Waals surface area contributed by atoms with Crippen molar-refractivity contribution in [2.45, 2.75) is 0 Å². The van der Waals surface area contributed by atoms with E-state index in [1.54, 1.807) is 0 Å². The third kappa shape index (κ3) is 5.24. The smallest absolute Gasteiger partial charge is 0.143 e. The molecule has 3 heteroatoms. The fourth-order valence-corrected chi connectivity index (χ4v) is 9.44. The van der Waals surface area contributed by atoms with Gasteiger partial charge in [-0.25, -0.2) is 0 Å². The Labute approximate surface area is 322 Å². The Morgan fingerprint density at radius 3 is 1.82 bits per heavy atom. The zero-order valence-corrected chi connectivity index (χ0v) is 30.6. The maximum absolute atomic E-state index is 6.64. The van der Waals surface area contributed by atoms with Gasteiger partial charge in [0.25, 0.3) is 0 Å². The number of furan rings is 1. The van der Waals surface area contributed by atoms with Gasteiger partial charge in [-0.15, -0.1) is 11.3 Å². The van der Waals surface area contributed by atoms with E-state index >= 15 is 0 Å². The fraction of sp³-hybridized carbons (Fsp3) is 0. The zero-order valence-electron chi connectivity index (χ0n) is 29.8. The van der Waals surface area contributed by atoms with Crippen LogP contribution in [0.3, 0.4) is 0 Å². The third-order valence-corrected chi connectivity index (χ3v) is 12.0. The Bertz CT molecular complexity index is 3240. The Balaban J connectivity index is 1.16. The summed E-state index contributed by atoms with van der Waals surface area (Å²) in [6, 6.07) is 72.3. The molecule has 258 valence electrons. The molecule has 2 nitrogen and oxygen atoms in total. The van der Waals surface area contributed by atoms with Gasteiger partial charge in [-0.1, -0.05) is 152 Å². The fourth-order valence-electron chi connectivity index (χ4n) is 8.35. The van der Waals surface area contributed by atoms with Crippen molar-refractivity contribution in [2.75, 3.05) is 4.90 Å². The minimum absolute atomic E-state index is 0.892. The molecule has 0 N–H and O–H groups in total. The average Bonchev–Trinajstić information content (AvgIpc) is 3.82. The van der Waals surface area contributed by atoms with Crippen LogP contribution in [-0.2, 0) is 0 Å². The molecule has 2 aromatic heterocycles. The summed E-state index contributed by atoms with van der Waals surface area (Å²) in [7, 11) is 0. The Morgan fingerprint density at radius 2 is 0.945 bits per heavy atom. The van der Waals surface area contributed by atoms with E-state index in [2.05, 4.69) is 199 Å². The Morgan fingerprint density at radius 1 is 0.364 bits per heavy atom. The molecule has 0 saturated heterocycles. The molecule has 0 aliphatic rings. The SMILES string of the molecule is c1cc(-c2ccc3sc4ccccc4c3c2)cc(N(c2ccccc2-c2cccc3ccccc23)c2ccccc2-c2cccc3c2oc2ccccc23)c1. The summed E-state index contributed by atoms with van der Waals surface area (Å²) in [5.74, 6) is 0. The van der Waals surface area contributed by atoms with E-state index in [4.69, 9.17) is 4.42 Å². The van der Waals surface area contributed by atoms with Crippen molar-refractivity contribution in [3.8, 4) is 33.4 Å². The van der Waals surface area contributed by atoms with Crippen LogP contribution in [-0.4, -0.2) is 0 Å². The second-order valence-electron chi connectivity index (χ2n) is 14.0. The largest absolute Gasteiger partial charge is 0.455 e. The van der Waals surface area contributed by atoms with Crippen molar-refractivity contribution in [1.29, 1.82) is 0 Å². The molecule has 2 heterocycles. The molecule has 0 aliphatic carbocycles. The number of fused-ring (bicyclic) bond motifs is 7. The molecule has 0 unspecified atom stereocenters. The van der Waals surface area contributed by atoms with Crippen molar-refractivity contribution in [3.05, 3.63) is 200 Å². The van der Waals surface area contributed by atoms with Gasteiger partial charge in [0.1, 0.15) is 11.2 Å². The van der Waals surface area contributed by atoms with Crippen LogP contribution in [0.4, 0.5) is 17.1 Å². The molecule has 0 aliphatic heterocycles. The van der Waals surface area contributed by atoms with E-state index in [-0.39, 0.29) is 0 Å². The number of anilines is 3. The van der Waals surface area contributed by atoms with Crippen molar-refractivity contribution in [2.24, 2.45) is 0 Å². The highest BCUT2D eigenvalue weighted by Gasteiger charge is 2.23. The monoisotopic (exact) mass is 719 g/mol. The first kappa shape index (κ1) is 31.6. The van der Waals surface area contributed by atoms with Gasteiger partial charge in [0.2, 0.25) is 0 Å². The quantitative estimate of drug-likeness (QED) is 0.170. The molecule has 0 fully saturated rings. The first-order valence-electron chi connectivity index (χ1n) is 18.7. The first-order chi connectivity index (χ1) is 27.3. The van der Waals surface area contributed by atoms with Gasteiger partial charge in [-0.3, -0.25) is 0 Å². The Hall–Kier alpha value is -6.94. The predicted molar refractivity (Wildman–Crippen MR) is 235 cm³/mol. The molecule has 0 amide bonds. The maximum atomic E-state index is 6.64. The lowest BCUT2D eigenvalue weighted by atomic mass is 9.94. The number of nitrogens with zero attached hydrogens (tertiary/aromatic N) is 1. The van der Waals surface area contributed by atoms with Crippen molar-refractivity contribution >= 4 is 81.3 Å². The van der Waals surface area contributed by atoms with Crippen molar-refractivity contribution < 1.29 is 4.42 Å². The van der Waals surface area contributed by atoms with Gasteiger partial charge in [0.15, 0.2) is 0 Å². The summed E-state index contributed by atoms with van der Waals surface area (Å²) in [5, 5.41) is 7.28. The normalized spacial score (nSPS) is 11.6. The minimum atomic E-state index is 0.892. The zero-order chi connectivity index (χ0) is 36.3. The first-order valence-corrected chi connectivity index (χ1v) is 19.5. The van der Waals surface area contributed by atoms with Crippen LogP contribution < -0.4 is 4.90 Å². The van der Waals surface area contributed by atoms with E-state index in [0.717, 1.165) is 55.7 Å². The van der Waals surface area contributed by atoms with E-state index in [9.17, 15) is 0 Å². The highest BCUT2D eigenvalue weighted by molar-refractivity contribution is 7.25. The summed E-state index contributed by atoms with van der Waals surface area (Å²) >= 11 is 1.85. The van der Waals surface area contributed by atoms with E-state index < -0.39 is 0 Å². The Kier molecular flexibility index (Phi) is 7.39. The molecule has 0 spiro atoms. The molecule has 11 rings (SSSR count). The lowest BCUT2D eigenvalue weighted by Crippen LogP contribution is -2.12. The van der Waals surface area contributed by atoms with Crippen LogP contribution in [0.25, 0.3) is 86.3 Å². The lowest BCUT2D eigenvalue weighted by Gasteiger charge is -2.30. The minimum Gasteiger partial charge on any atom is -0.455 e. The number of thiophene rings is 1. The van der Waals surface area contributed by atoms with Crippen LogP contribution in [0.1, 0.15) is 0 Å². The van der Waals surface area contributed by atoms with Crippen LogP contribution in [0.15, 0.2) is 205 Å². The van der Waals surface area contributed by atoms with E-state index in [0.29, 0.717) is 0 Å². The second kappa shape index (κ2) is 12.9. The van der Waals surface area contributed by atoms with Gasteiger partial charge in [-0.05, 0) is 76.0 Å². The summed E-state index contributed by atoms with van der Waals surface area (Å²) in [6.45, 7) is 0. The molecule has 11 aromatic rings. The summed E-state index contributed by atoms with van der Waals surface area (Å²) in [5.41, 5.74) is 11.9. The lowest BCUT2D eigenvalue weighted by molar-refractivity contribution is 0.670. The molecule has 0 atom stereocenters. The van der Waals surface area contributed by atoms with Gasteiger partial charge in [-0.2, -0.15) is 0 Å². The van der Waals surface area contributed by atoms with Crippen molar-refractivity contribution in [3.63, 3.8) is 0 Å². The highest BCUT2D eigenvalue weighted by atomic mass is 32.1. The van der Waals surface area contributed by atoms with Crippen LogP contribution in [0.5, 0.6) is 0 Å². The van der Waals surface area contributed by atoms with E-state index in [1.165, 1.54) is 47.6 Å². The molecule has 0 saturated carbocycles. The number of para-hydroxylation sites is 4. The number of benzene rings is 9. The molecule has 0 bridgehead atoms. The van der Waals surface area contributed by atoms with Gasteiger partial charge >= 0.3 is 0 Å². The average molecular weight is 720 g/mol. The molecule has 0 radical (unpaired) electrons. The highest BCUT2D eigenvalue weighted by Crippen LogP contribution is 2.48. The number of hydrogen-bond acceptors (Lipinski definition) is 3. The number of rotatable bonds is 6. The van der Waals surface area contributed by atoms with Crippen LogP contribution >= 0.6 is 11.3 Å². The third-order valence-electron chi connectivity index (χ3n) is 10.9. The predicted octanol–water partition coefficient (Wildman–Crippen LogP) is 15.6. The molecule has 9 aromatic carbocycles. The van der Waals surface area contributed by atoms with Gasteiger partial charge in [0.05, 0.1) is 11.4 Å². The topological polar surface area (TPSA) is 16.4 Å². The standard InChI is InChI=1S/C52H33NOS/c1-2-18-38-34(14-1)15-12-23-39(38)40-19-3-7-26-47(40)53(37-17-11-16-35(32-37)36-30-31-51-46(33-36)43-22-6-10-29-50(43)55-51)48-27-8-4-20-41(48)44-24-13-25-45-42-21-5-9-28-49(42)54-52(44)45/h1-33H. The summed E-state index contributed by atoms with van der Waals surface area (Å²) < 4.78 is 9.27. The molecular formula is C52H33NOS. The van der Waals surface area contributed by atoms with Crippen LogP contribution in [0, 0.1) is 0 Å².